The van der Waals surface area contributed by atoms with E-state index in [4.69, 9.17) is 7.58 Å². The van der Waals surface area contributed by atoms with Crippen LogP contribution in [0.2, 0.25) is 0 Å². The van der Waals surface area contributed by atoms with E-state index in [1.54, 1.807) is 0 Å². The molecule has 0 radical (unpaired) electrons. The lowest BCUT2D eigenvalue weighted by Gasteiger charge is -2.31. The Kier molecular flexibility index (Phi) is 3.78. The van der Waals surface area contributed by atoms with Gasteiger partial charge in [0.25, 0.3) is 0 Å². The second kappa shape index (κ2) is 5.69. The molecule has 0 N–H and O–H groups in total. The van der Waals surface area contributed by atoms with Crippen LogP contribution in [0.4, 0.5) is 0 Å². The molecule has 0 aromatic heterocycles. The molecule has 2 atom stereocenters. The van der Waals surface area contributed by atoms with Gasteiger partial charge < -0.3 is 7.58 Å². The summed E-state index contributed by atoms with van der Waals surface area (Å²) in [4.78, 5) is 0. The van der Waals surface area contributed by atoms with E-state index in [1.807, 2.05) is 12.1 Å². The van der Waals surface area contributed by atoms with Crippen LogP contribution in [0.1, 0.15) is 29.8 Å². The minimum Gasteiger partial charge on any atom is -0.475 e. The van der Waals surface area contributed by atoms with E-state index in [0.717, 1.165) is 6.42 Å². The van der Waals surface area contributed by atoms with E-state index >= 15 is 0 Å². The lowest BCUT2D eigenvalue weighted by Crippen LogP contribution is -2.23. The predicted molar refractivity (Wildman–Crippen MR) is 72.3 cm³/mol. The highest BCUT2D eigenvalue weighted by molar-refractivity contribution is 6.18. The molecule has 1 aliphatic heterocycles. The van der Waals surface area contributed by atoms with Gasteiger partial charge in [-0.2, -0.15) is 0 Å². The molecule has 1 fully saturated rings. The smallest absolute Gasteiger partial charge is 0.475 e. The molecule has 18 heavy (non-hydrogen) atoms. The van der Waals surface area contributed by atoms with Crippen molar-refractivity contribution in [1.82, 2.24) is 0 Å². The van der Waals surface area contributed by atoms with Crippen LogP contribution < -0.4 is 0 Å². The first-order valence-electron chi connectivity index (χ1n) is 6.26. The fraction of sp³-hybridized carbons (Fsp3) is 0.200. The molecule has 2 nitrogen and oxygen atoms in total. The molecule has 3 rings (SSSR count). The number of hydrogen-bond donors (Lipinski definition) is 0. The number of hydrogen-bond acceptors (Lipinski definition) is 2. The third-order valence-electron chi connectivity index (χ3n) is 3.31. The molecule has 90 valence electrons. The summed E-state index contributed by atoms with van der Waals surface area (Å²) < 4.78 is 11.7. The van der Waals surface area contributed by atoms with Crippen molar-refractivity contribution in [2.24, 2.45) is 0 Å². The van der Waals surface area contributed by atoms with E-state index in [9.17, 15) is 0 Å². The largest absolute Gasteiger partial charge is 0.650 e. The molecule has 0 amide bonds. The number of rotatable bonds is 2. The minimum atomic E-state index is -0.874. The summed E-state index contributed by atoms with van der Waals surface area (Å²) in [6.07, 6.45) is 1.29. The Morgan fingerprint density at radius 3 is 1.61 bits per heavy atom. The zero-order valence-electron chi connectivity index (χ0n) is 10.2. The van der Waals surface area contributed by atoms with Crippen molar-refractivity contribution in [3.63, 3.8) is 0 Å². The molecule has 2 aromatic carbocycles. The van der Waals surface area contributed by atoms with E-state index in [-0.39, 0.29) is 12.2 Å². The molecule has 2 aromatic rings. The van der Waals surface area contributed by atoms with Crippen LogP contribution >= 0.6 is 0 Å². The van der Waals surface area contributed by atoms with Crippen LogP contribution in [0.5, 0.6) is 0 Å². The monoisotopic (exact) mass is 254 g/mol. The Morgan fingerprint density at radius 2 is 1.17 bits per heavy atom. The first-order chi connectivity index (χ1) is 8.93. The maximum atomic E-state index is 5.83. The van der Waals surface area contributed by atoms with Gasteiger partial charge in [-0.15, -0.1) is 0 Å². The van der Waals surface area contributed by atoms with Gasteiger partial charge in [0.2, 0.25) is 0 Å². The van der Waals surface area contributed by atoms with Crippen molar-refractivity contribution in [2.45, 2.75) is 18.6 Å². The molecule has 0 saturated carbocycles. The second-order valence-electron chi connectivity index (χ2n) is 4.49. The minimum absolute atomic E-state index is 0.192. The van der Waals surface area contributed by atoms with Gasteiger partial charge in [0.15, 0.2) is 0 Å². The van der Waals surface area contributed by atoms with Gasteiger partial charge in [0, 0.05) is 6.42 Å². The zero-order valence-corrected chi connectivity index (χ0v) is 11.6. The van der Waals surface area contributed by atoms with Gasteiger partial charge in [-0.05, 0) is 11.1 Å². The molecule has 1 heterocycles. The van der Waals surface area contributed by atoms with Crippen LogP contribution in [-0.2, 0) is 7.58 Å². The van der Waals surface area contributed by atoms with Crippen molar-refractivity contribution in [1.29, 1.82) is 0 Å². The molecule has 1 aliphatic rings. The molecule has 3 heteroatoms. The Morgan fingerprint density at radius 1 is 0.722 bits per heavy atom. The van der Waals surface area contributed by atoms with Crippen LogP contribution in [0, 0.1) is 0 Å². The molecular weight excluding hydrogens is 239 g/mol. The summed E-state index contributed by atoms with van der Waals surface area (Å²) in [5, 5.41) is 0. The maximum absolute atomic E-state index is 5.83. The third kappa shape index (κ3) is 2.66. The summed E-state index contributed by atoms with van der Waals surface area (Å²) in [7, 11) is 0. The van der Waals surface area contributed by atoms with Gasteiger partial charge in [0.1, 0.15) is 0 Å². The molecule has 1 saturated heterocycles. The van der Waals surface area contributed by atoms with Crippen LogP contribution in [0.3, 0.4) is 0 Å². The van der Waals surface area contributed by atoms with Crippen LogP contribution in [-0.4, -0.2) is 15.9 Å². The fourth-order valence-corrected chi connectivity index (χ4v) is 3.40. The van der Waals surface area contributed by atoms with E-state index < -0.39 is 15.9 Å². The van der Waals surface area contributed by atoms with Crippen LogP contribution in [0.15, 0.2) is 60.7 Å². The molecule has 0 bridgehead atoms. The van der Waals surface area contributed by atoms with Gasteiger partial charge in [0.05, 0.1) is 12.2 Å². The predicted octanol–water partition coefficient (Wildman–Crippen LogP) is 3.17. The van der Waals surface area contributed by atoms with Crippen molar-refractivity contribution in [2.75, 3.05) is 0 Å². The van der Waals surface area contributed by atoms with Gasteiger partial charge in [-0.1, -0.05) is 60.7 Å². The first kappa shape index (κ1) is 12.0. The van der Waals surface area contributed by atoms with Gasteiger partial charge >= 0.3 is 15.9 Å². The number of benzene rings is 2. The summed E-state index contributed by atoms with van der Waals surface area (Å²) in [6, 6.07) is 20.8. The zero-order chi connectivity index (χ0) is 12.2. The van der Waals surface area contributed by atoms with E-state index in [2.05, 4.69) is 48.5 Å². The average molecular weight is 254 g/mol. The van der Waals surface area contributed by atoms with Crippen molar-refractivity contribution < 1.29 is 7.58 Å². The van der Waals surface area contributed by atoms with Crippen LogP contribution in [0.25, 0.3) is 0 Å². The Balaban J connectivity index is 1.77. The standard InChI is InChI=1S/C15H14O2.Al.H/c16-14(12-7-3-1-4-8-12)11-15(17)13-9-5-2-6-10-13;;/h1-10,14-15H,11H2;;/q-2;+2;. The van der Waals surface area contributed by atoms with E-state index in [1.165, 1.54) is 11.1 Å². The quantitative estimate of drug-likeness (QED) is 0.766. The summed E-state index contributed by atoms with van der Waals surface area (Å²) in [5.41, 5.74) is 2.52. The van der Waals surface area contributed by atoms with Gasteiger partial charge in [-0.3, -0.25) is 0 Å². The second-order valence-corrected chi connectivity index (χ2v) is 5.39. The van der Waals surface area contributed by atoms with Crippen molar-refractivity contribution in [3.05, 3.63) is 71.8 Å². The highest BCUT2D eigenvalue weighted by Gasteiger charge is 2.26. The van der Waals surface area contributed by atoms with E-state index in [0.29, 0.717) is 0 Å². The fourth-order valence-electron chi connectivity index (χ4n) is 2.33. The Hall–Kier alpha value is -1.11. The summed E-state index contributed by atoms with van der Waals surface area (Å²) >= 11 is -0.874. The van der Waals surface area contributed by atoms with Gasteiger partial charge in [-0.25, -0.2) is 0 Å². The molecule has 0 aliphatic carbocycles. The maximum Gasteiger partial charge on any atom is 0.650 e. The lowest BCUT2D eigenvalue weighted by molar-refractivity contribution is 0.0306. The van der Waals surface area contributed by atoms with Crippen molar-refractivity contribution >= 4 is 15.9 Å². The third-order valence-corrected chi connectivity index (χ3v) is 4.39. The summed E-state index contributed by atoms with van der Waals surface area (Å²) in [5.74, 6) is 0. The summed E-state index contributed by atoms with van der Waals surface area (Å²) in [6.45, 7) is 0. The Labute approximate surface area is 114 Å². The Bertz CT molecular complexity index is 441. The topological polar surface area (TPSA) is 18.5 Å². The lowest BCUT2D eigenvalue weighted by atomic mass is 9.99. The SMILES string of the molecule is c1ccc(C2CC(c3ccccc3)[O][AlH][O]2)cc1. The molecular formula is C15H15AlO2. The molecule has 2 unspecified atom stereocenters. The normalized spacial score (nSPS) is 23.3. The molecule has 0 spiro atoms. The highest BCUT2D eigenvalue weighted by atomic mass is 27.2. The van der Waals surface area contributed by atoms with Crippen molar-refractivity contribution in [3.8, 4) is 0 Å². The first-order valence-corrected chi connectivity index (χ1v) is 7.42. The highest BCUT2D eigenvalue weighted by Crippen LogP contribution is 2.34. The average Bonchev–Trinajstić information content (AvgIpc) is 2.49.